The molecule has 1 N–H and O–H groups in total. The van der Waals surface area contributed by atoms with Crippen LogP contribution in [0.2, 0.25) is 0 Å². The second-order valence-electron chi connectivity index (χ2n) is 5.82. The van der Waals surface area contributed by atoms with E-state index in [1.165, 1.54) is 25.3 Å². The predicted molar refractivity (Wildman–Crippen MR) is 80.7 cm³/mol. The van der Waals surface area contributed by atoms with Crippen molar-refractivity contribution in [2.24, 2.45) is 0 Å². The first-order chi connectivity index (χ1) is 10.2. The zero-order valence-electron chi connectivity index (χ0n) is 11.8. The first-order valence-corrected chi connectivity index (χ1v) is 7.15. The maximum Gasteiger partial charge on any atom is 0.222 e. The van der Waals surface area contributed by atoms with Gasteiger partial charge in [-0.1, -0.05) is 6.07 Å². The van der Waals surface area contributed by atoms with Gasteiger partial charge in [0.2, 0.25) is 5.91 Å². The van der Waals surface area contributed by atoms with Crippen LogP contribution < -0.4 is 10.2 Å². The van der Waals surface area contributed by atoms with Gasteiger partial charge in [0, 0.05) is 42.9 Å². The summed E-state index contributed by atoms with van der Waals surface area (Å²) in [5.74, 6) is 1.44. The van der Waals surface area contributed by atoms with Crippen LogP contribution in [0.3, 0.4) is 0 Å². The molecule has 106 valence electrons. The summed E-state index contributed by atoms with van der Waals surface area (Å²) in [4.78, 5) is 22.3. The first-order valence-electron chi connectivity index (χ1n) is 7.15. The summed E-state index contributed by atoms with van der Waals surface area (Å²) in [7, 11) is 0. The molecular weight excluding hydrogens is 264 g/mol. The minimum Gasteiger partial charge on any atom is -0.325 e. The lowest BCUT2D eigenvalue weighted by Gasteiger charge is -2.18. The highest BCUT2D eigenvalue weighted by molar-refractivity contribution is 5.89. The zero-order chi connectivity index (χ0) is 14.4. The average Bonchev–Trinajstić information content (AvgIpc) is 3.18. The second kappa shape index (κ2) is 4.28. The third kappa shape index (κ3) is 1.96. The monoisotopic (exact) mass is 280 g/mol. The van der Waals surface area contributed by atoms with Crippen molar-refractivity contribution in [1.82, 2.24) is 9.97 Å². The van der Waals surface area contributed by atoms with Gasteiger partial charge in [0.05, 0.1) is 5.69 Å². The second-order valence-corrected chi connectivity index (χ2v) is 5.82. The lowest BCUT2D eigenvalue weighted by atomic mass is 10.0. The number of pyridine rings is 2. The Labute approximate surface area is 123 Å². The van der Waals surface area contributed by atoms with Crippen LogP contribution in [-0.4, -0.2) is 22.4 Å². The minimum absolute atomic E-state index is 0.106. The van der Waals surface area contributed by atoms with E-state index in [1.807, 2.05) is 36.7 Å². The SMILES string of the molecule is CC(=O)Nc1cc2c(cn1)C1(CC1)CN2c1ccccn1. The van der Waals surface area contributed by atoms with Crippen LogP contribution in [0, 0.1) is 0 Å². The van der Waals surface area contributed by atoms with Crippen molar-refractivity contribution in [3.63, 3.8) is 0 Å². The van der Waals surface area contributed by atoms with Gasteiger partial charge >= 0.3 is 0 Å². The number of amides is 1. The Morgan fingerprint density at radius 3 is 2.86 bits per heavy atom. The van der Waals surface area contributed by atoms with E-state index in [1.54, 1.807) is 0 Å². The van der Waals surface area contributed by atoms with E-state index in [9.17, 15) is 4.79 Å². The van der Waals surface area contributed by atoms with Crippen LogP contribution in [0.15, 0.2) is 36.7 Å². The Morgan fingerprint density at radius 1 is 1.33 bits per heavy atom. The zero-order valence-corrected chi connectivity index (χ0v) is 11.8. The Kier molecular flexibility index (Phi) is 2.51. The number of carbonyl (C=O) groups excluding carboxylic acids is 1. The molecule has 0 atom stereocenters. The van der Waals surface area contributed by atoms with Crippen molar-refractivity contribution >= 4 is 23.2 Å². The number of hydrogen-bond acceptors (Lipinski definition) is 4. The number of aromatic nitrogens is 2. The Balaban J connectivity index is 1.79. The first kappa shape index (κ1) is 12.3. The van der Waals surface area contributed by atoms with Crippen molar-refractivity contribution in [1.29, 1.82) is 0 Å². The van der Waals surface area contributed by atoms with Gasteiger partial charge in [-0.15, -0.1) is 0 Å². The van der Waals surface area contributed by atoms with E-state index in [-0.39, 0.29) is 11.3 Å². The molecule has 2 aromatic rings. The summed E-state index contributed by atoms with van der Waals surface area (Å²) < 4.78 is 0. The van der Waals surface area contributed by atoms with Gasteiger partial charge in [0.1, 0.15) is 11.6 Å². The van der Waals surface area contributed by atoms with Crippen LogP contribution in [0.5, 0.6) is 0 Å². The highest BCUT2D eigenvalue weighted by Crippen LogP contribution is 2.57. The molecule has 0 radical (unpaired) electrons. The Bertz CT molecular complexity index is 709. The maximum atomic E-state index is 11.2. The van der Waals surface area contributed by atoms with Crippen molar-refractivity contribution in [3.8, 4) is 0 Å². The fourth-order valence-electron chi connectivity index (χ4n) is 3.09. The molecule has 3 heterocycles. The van der Waals surface area contributed by atoms with Gasteiger partial charge in [0.15, 0.2) is 0 Å². The smallest absolute Gasteiger partial charge is 0.222 e. The van der Waals surface area contributed by atoms with E-state index in [2.05, 4.69) is 20.2 Å². The van der Waals surface area contributed by atoms with Crippen molar-refractivity contribution < 1.29 is 4.79 Å². The standard InChI is InChI=1S/C16H16N4O/c1-11(21)19-14-8-13-12(9-18-14)16(5-6-16)10-20(13)15-4-2-3-7-17-15/h2-4,7-9H,5-6,10H2,1H3,(H,18,19,21). The Hall–Kier alpha value is -2.43. The van der Waals surface area contributed by atoms with E-state index in [0.717, 1.165) is 18.1 Å². The molecule has 1 amide bonds. The third-order valence-electron chi connectivity index (χ3n) is 4.29. The molecule has 1 fully saturated rings. The van der Waals surface area contributed by atoms with Crippen LogP contribution in [0.25, 0.3) is 0 Å². The summed E-state index contributed by atoms with van der Waals surface area (Å²) in [5, 5.41) is 2.76. The number of carbonyl (C=O) groups is 1. The molecule has 2 aromatic heterocycles. The van der Waals surface area contributed by atoms with E-state index in [4.69, 9.17) is 0 Å². The molecule has 1 saturated carbocycles. The van der Waals surface area contributed by atoms with E-state index >= 15 is 0 Å². The molecule has 2 aliphatic rings. The molecule has 4 rings (SSSR count). The van der Waals surface area contributed by atoms with Gasteiger partial charge in [-0.3, -0.25) is 4.79 Å². The molecule has 1 aliphatic carbocycles. The van der Waals surface area contributed by atoms with Crippen LogP contribution >= 0.6 is 0 Å². The van der Waals surface area contributed by atoms with Gasteiger partial charge in [-0.25, -0.2) is 9.97 Å². The van der Waals surface area contributed by atoms with Crippen LogP contribution in [-0.2, 0) is 10.2 Å². The van der Waals surface area contributed by atoms with Crippen LogP contribution in [0.1, 0.15) is 25.3 Å². The minimum atomic E-state index is -0.106. The highest BCUT2D eigenvalue weighted by atomic mass is 16.1. The molecule has 0 saturated heterocycles. The summed E-state index contributed by atoms with van der Waals surface area (Å²) in [6, 6.07) is 7.89. The van der Waals surface area contributed by atoms with Gasteiger partial charge < -0.3 is 10.2 Å². The summed E-state index contributed by atoms with van der Waals surface area (Å²) in [6.45, 7) is 2.44. The Morgan fingerprint density at radius 2 is 2.19 bits per heavy atom. The van der Waals surface area contributed by atoms with Crippen molar-refractivity contribution in [2.45, 2.75) is 25.2 Å². The number of fused-ring (bicyclic) bond motifs is 2. The van der Waals surface area contributed by atoms with Crippen molar-refractivity contribution in [3.05, 3.63) is 42.2 Å². The fourth-order valence-corrected chi connectivity index (χ4v) is 3.09. The van der Waals surface area contributed by atoms with Gasteiger partial charge in [-0.2, -0.15) is 0 Å². The highest BCUT2D eigenvalue weighted by Gasteiger charge is 2.52. The maximum absolute atomic E-state index is 11.2. The van der Waals surface area contributed by atoms with Crippen LogP contribution in [0.4, 0.5) is 17.3 Å². The molecule has 5 heteroatoms. The van der Waals surface area contributed by atoms with Gasteiger partial charge in [-0.05, 0) is 25.0 Å². The third-order valence-corrected chi connectivity index (χ3v) is 4.29. The molecule has 0 unspecified atom stereocenters. The molecule has 0 bridgehead atoms. The van der Waals surface area contributed by atoms with E-state index in [0.29, 0.717) is 5.82 Å². The number of anilines is 3. The number of nitrogens with one attached hydrogen (secondary N) is 1. The molecule has 1 spiro atoms. The largest absolute Gasteiger partial charge is 0.325 e. The average molecular weight is 280 g/mol. The van der Waals surface area contributed by atoms with E-state index < -0.39 is 0 Å². The topological polar surface area (TPSA) is 58.1 Å². The van der Waals surface area contributed by atoms with Gasteiger partial charge in [0.25, 0.3) is 0 Å². The van der Waals surface area contributed by atoms with Crippen molar-refractivity contribution in [2.75, 3.05) is 16.8 Å². The molecule has 1 aliphatic heterocycles. The predicted octanol–water partition coefficient (Wildman–Crippen LogP) is 2.62. The number of nitrogens with zero attached hydrogens (tertiary/aromatic N) is 3. The molecular formula is C16H16N4O. The quantitative estimate of drug-likeness (QED) is 0.918. The lowest BCUT2D eigenvalue weighted by molar-refractivity contribution is -0.114. The normalized spacial score (nSPS) is 17.7. The molecule has 5 nitrogen and oxygen atoms in total. The lowest BCUT2D eigenvalue weighted by Crippen LogP contribution is -2.19. The molecule has 21 heavy (non-hydrogen) atoms. The summed E-state index contributed by atoms with van der Waals surface area (Å²) in [5.41, 5.74) is 2.64. The molecule has 0 aromatic carbocycles. The summed E-state index contributed by atoms with van der Waals surface area (Å²) in [6.07, 6.45) is 6.12. The number of hydrogen-bond donors (Lipinski definition) is 1. The number of rotatable bonds is 2. The fraction of sp³-hybridized carbons (Fsp3) is 0.312. The summed E-state index contributed by atoms with van der Waals surface area (Å²) >= 11 is 0.